The van der Waals surface area contributed by atoms with Crippen molar-refractivity contribution in [2.45, 2.75) is 39.5 Å². The van der Waals surface area contributed by atoms with Gasteiger partial charge in [0.25, 0.3) is 0 Å². The summed E-state index contributed by atoms with van der Waals surface area (Å²) in [6, 6.07) is 0. The predicted octanol–water partition coefficient (Wildman–Crippen LogP) is 1.02. The number of hydrogen-bond acceptors (Lipinski definition) is 4. The zero-order valence-corrected chi connectivity index (χ0v) is 16.0. The topological polar surface area (TPSA) is 83.7 Å². The lowest BCUT2D eigenvalue weighted by atomic mass is 9.95. The number of hydrogen-bond donors (Lipinski definition) is 1. The Balaban J connectivity index is 2.35. The number of amides is 1. The molecule has 7 heteroatoms. The number of piperazine rings is 1. The third kappa shape index (κ3) is 3.34. The molecule has 1 aliphatic heterocycles. The second kappa shape index (κ2) is 6.82. The van der Waals surface area contributed by atoms with Gasteiger partial charge in [0.05, 0.1) is 11.4 Å². The van der Waals surface area contributed by atoms with Gasteiger partial charge in [-0.15, -0.1) is 0 Å². The molecule has 2 rings (SSSR count). The van der Waals surface area contributed by atoms with Gasteiger partial charge >= 0.3 is 0 Å². The van der Waals surface area contributed by atoms with Crippen molar-refractivity contribution in [3.8, 4) is 0 Å². The summed E-state index contributed by atoms with van der Waals surface area (Å²) >= 11 is 0. The molecule has 1 aromatic rings. The molecule has 1 saturated heterocycles. The van der Waals surface area contributed by atoms with Crippen LogP contribution in [0.1, 0.15) is 27.8 Å². The lowest BCUT2D eigenvalue weighted by molar-refractivity contribution is -0.119. The van der Waals surface area contributed by atoms with Crippen LogP contribution in [0.2, 0.25) is 0 Å². The molecule has 1 aromatic carbocycles. The van der Waals surface area contributed by atoms with Gasteiger partial charge in [0.15, 0.2) is 0 Å². The first-order chi connectivity index (χ1) is 11.1. The highest BCUT2D eigenvalue weighted by molar-refractivity contribution is 7.89. The van der Waals surface area contributed by atoms with E-state index in [0.29, 0.717) is 31.1 Å². The SMILES string of the molecule is Cc1c(C)c(C)c(S(=O)(=O)N2CCN(CC(N)=O)CC2)c(C)c1C. The summed E-state index contributed by atoms with van der Waals surface area (Å²) in [7, 11) is -3.55. The average Bonchev–Trinajstić information content (AvgIpc) is 2.51. The number of sulfonamides is 1. The number of primary amides is 1. The Kier molecular flexibility index (Phi) is 5.37. The molecule has 0 bridgehead atoms. The van der Waals surface area contributed by atoms with Crippen LogP contribution >= 0.6 is 0 Å². The Morgan fingerprint density at radius 2 is 1.29 bits per heavy atom. The van der Waals surface area contributed by atoms with E-state index < -0.39 is 10.0 Å². The van der Waals surface area contributed by atoms with E-state index in [9.17, 15) is 13.2 Å². The summed E-state index contributed by atoms with van der Waals surface area (Å²) < 4.78 is 27.9. The molecule has 0 spiro atoms. The minimum absolute atomic E-state index is 0.175. The highest BCUT2D eigenvalue weighted by Crippen LogP contribution is 2.31. The highest BCUT2D eigenvalue weighted by Gasteiger charge is 2.32. The fourth-order valence-electron chi connectivity index (χ4n) is 3.33. The van der Waals surface area contributed by atoms with Crippen LogP contribution in [-0.4, -0.2) is 56.3 Å². The van der Waals surface area contributed by atoms with Gasteiger partial charge in [0.1, 0.15) is 0 Å². The first-order valence-corrected chi connectivity index (χ1v) is 9.59. The minimum atomic E-state index is -3.55. The van der Waals surface area contributed by atoms with Crippen molar-refractivity contribution in [1.82, 2.24) is 9.21 Å². The van der Waals surface area contributed by atoms with E-state index in [-0.39, 0.29) is 12.5 Å². The van der Waals surface area contributed by atoms with E-state index in [1.165, 1.54) is 4.31 Å². The summed E-state index contributed by atoms with van der Waals surface area (Å²) in [4.78, 5) is 13.3. The Labute approximate surface area is 144 Å². The maximum Gasteiger partial charge on any atom is 0.243 e. The summed E-state index contributed by atoms with van der Waals surface area (Å²) in [6.45, 7) is 11.7. The second-order valence-corrected chi connectivity index (χ2v) is 8.48. The lowest BCUT2D eigenvalue weighted by Gasteiger charge is -2.34. The lowest BCUT2D eigenvalue weighted by Crippen LogP contribution is -2.50. The Morgan fingerprint density at radius 3 is 1.71 bits per heavy atom. The average molecular weight is 353 g/mol. The standard InChI is InChI=1S/C17H27N3O3S/c1-11-12(2)14(4)17(15(5)13(11)3)24(22,23)20-8-6-19(7-9-20)10-16(18)21/h6-10H2,1-5H3,(H2,18,21). The molecule has 6 nitrogen and oxygen atoms in total. The molecular formula is C17H27N3O3S. The number of rotatable bonds is 4. The van der Waals surface area contributed by atoms with Crippen molar-refractivity contribution in [1.29, 1.82) is 0 Å². The molecule has 0 atom stereocenters. The molecule has 0 saturated carbocycles. The molecule has 0 aliphatic carbocycles. The van der Waals surface area contributed by atoms with Crippen LogP contribution in [0.5, 0.6) is 0 Å². The number of carbonyl (C=O) groups excluding carboxylic acids is 1. The number of nitrogens with two attached hydrogens (primary N) is 1. The molecule has 0 aromatic heterocycles. The van der Waals surface area contributed by atoms with Gasteiger partial charge in [-0.25, -0.2) is 8.42 Å². The zero-order chi connectivity index (χ0) is 18.2. The van der Waals surface area contributed by atoms with Crippen LogP contribution in [0.3, 0.4) is 0 Å². The van der Waals surface area contributed by atoms with Crippen LogP contribution in [-0.2, 0) is 14.8 Å². The molecule has 1 heterocycles. The highest BCUT2D eigenvalue weighted by atomic mass is 32.2. The minimum Gasteiger partial charge on any atom is -0.369 e. The molecule has 1 amide bonds. The van der Waals surface area contributed by atoms with Crippen molar-refractivity contribution < 1.29 is 13.2 Å². The molecule has 134 valence electrons. The molecule has 0 radical (unpaired) electrons. The normalized spacial score (nSPS) is 17.2. The third-order valence-corrected chi connectivity index (χ3v) is 7.41. The molecule has 1 fully saturated rings. The number of benzene rings is 1. The third-order valence-electron chi connectivity index (χ3n) is 5.24. The van der Waals surface area contributed by atoms with E-state index in [1.54, 1.807) is 0 Å². The van der Waals surface area contributed by atoms with E-state index in [2.05, 4.69) is 0 Å². The number of carbonyl (C=O) groups is 1. The van der Waals surface area contributed by atoms with E-state index >= 15 is 0 Å². The maximum absolute atomic E-state index is 13.2. The molecule has 1 aliphatic rings. The van der Waals surface area contributed by atoms with Gasteiger partial charge < -0.3 is 5.73 Å². The smallest absolute Gasteiger partial charge is 0.243 e. The second-order valence-electron chi connectivity index (χ2n) is 6.60. The fourth-order valence-corrected chi connectivity index (χ4v) is 5.31. The van der Waals surface area contributed by atoms with Crippen molar-refractivity contribution >= 4 is 15.9 Å². The first kappa shape index (κ1) is 18.9. The van der Waals surface area contributed by atoms with Crippen LogP contribution in [0, 0.1) is 34.6 Å². The van der Waals surface area contributed by atoms with Gasteiger partial charge in [-0.1, -0.05) is 0 Å². The Bertz CT molecular complexity index is 735. The van der Waals surface area contributed by atoms with Gasteiger partial charge in [-0.3, -0.25) is 9.69 Å². The van der Waals surface area contributed by atoms with Gasteiger partial charge in [0, 0.05) is 26.2 Å². The fraction of sp³-hybridized carbons (Fsp3) is 0.588. The zero-order valence-electron chi connectivity index (χ0n) is 15.1. The first-order valence-electron chi connectivity index (χ1n) is 8.15. The number of nitrogens with zero attached hydrogens (tertiary/aromatic N) is 2. The van der Waals surface area contributed by atoms with Crippen LogP contribution < -0.4 is 5.73 Å². The molecule has 0 unspecified atom stereocenters. The van der Waals surface area contributed by atoms with Gasteiger partial charge in [-0.05, 0) is 62.4 Å². The molecule has 24 heavy (non-hydrogen) atoms. The largest absolute Gasteiger partial charge is 0.369 e. The van der Waals surface area contributed by atoms with Crippen molar-refractivity contribution in [2.24, 2.45) is 5.73 Å². The van der Waals surface area contributed by atoms with Crippen LogP contribution in [0.4, 0.5) is 0 Å². The van der Waals surface area contributed by atoms with Gasteiger partial charge in [-0.2, -0.15) is 4.31 Å². The molecule has 2 N–H and O–H groups in total. The monoisotopic (exact) mass is 353 g/mol. The van der Waals surface area contributed by atoms with Crippen LogP contribution in [0.15, 0.2) is 4.90 Å². The van der Waals surface area contributed by atoms with Crippen LogP contribution in [0.25, 0.3) is 0 Å². The summed E-state index contributed by atoms with van der Waals surface area (Å²) in [5.74, 6) is -0.386. The van der Waals surface area contributed by atoms with E-state index in [4.69, 9.17) is 5.73 Å². The quantitative estimate of drug-likeness (QED) is 0.876. The Hall–Kier alpha value is -1.44. The van der Waals surface area contributed by atoms with E-state index in [0.717, 1.165) is 27.8 Å². The van der Waals surface area contributed by atoms with E-state index in [1.807, 2.05) is 39.5 Å². The predicted molar refractivity (Wildman–Crippen MR) is 94.5 cm³/mol. The molecular weight excluding hydrogens is 326 g/mol. The summed E-state index contributed by atoms with van der Waals surface area (Å²) in [5, 5.41) is 0. The van der Waals surface area contributed by atoms with Gasteiger partial charge in [0.2, 0.25) is 15.9 Å². The van der Waals surface area contributed by atoms with Crippen molar-refractivity contribution in [2.75, 3.05) is 32.7 Å². The van der Waals surface area contributed by atoms with Crippen molar-refractivity contribution in [3.05, 3.63) is 27.8 Å². The summed E-state index contributed by atoms with van der Waals surface area (Å²) in [6.07, 6.45) is 0. The van der Waals surface area contributed by atoms with Crippen molar-refractivity contribution in [3.63, 3.8) is 0 Å². The summed E-state index contributed by atoms with van der Waals surface area (Å²) in [5.41, 5.74) is 10.1. The Morgan fingerprint density at radius 1 is 0.875 bits per heavy atom. The maximum atomic E-state index is 13.2.